The van der Waals surface area contributed by atoms with Crippen molar-refractivity contribution in [2.24, 2.45) is 0 Å². The van der Waals surface area contributed by atoms with Crippen LogP contribution in [-0.2, 0) is 0 Å². The molecule has 1 aromatic carbocycles. The second-order valence-corrected chi connectivity index (χ2v) is 3.44. The molecule has 0 bridgehead atoms. The summed E-state index contributed by atoms with van der Waals surface area (Å²) in [5.41, 5.74) is 4.75. The second kappa shape index (κ2) is 2.77. The van der Waals surface area contributed by atoms with E-state index >= 15 is 0 Å². The van der Waals surface area contributed by atoms with Gasteiger partial charge in [0.25, 0.3) is 0 Å². The number of benzene rings is 1. The minimum Gasteiger partial charge on any atom is -0.341 e. The van der Waals surface area contributed by atoms with E-state index in [1.165, 1.54) is 16.8 Å². The molecule has 66 valence electrons. The zero-order chi connectivity index (χ0) is 9.42. The highest BCUT2D eigenvalue weighted by Crippen LogP contribution is 2.35. The molecule has 13 heavy (non-hydrogen) atoms. The lowest BCUT2D eigenvalue weighted by Gasteiger charge is -2.18. The molecule has 0 saturated carbocycles. The lowest BCUT2D eigenvalue weighted by atomic mass is 10.1. The van der Waals surface area contributed by atoms with Crippen LogP contribution < -0.4 is 4.90 Å². The van der Waals surface area contributed by atoms with E-state index in [-0.39, 0.29) is 0 Å². The van der Waals surface area contributed by atoms with Crippen molar-refractivity contribution in [3.8, 4) is 0 Å². The van der Waals surface area contributed by atoms with Gasteiger partial charge < -0.3 is 4.90 Å². The van der Waals surface area contributed by atoms with Gasteiger partial charge in [-0.05, 0) is 18.6 Å². The van der Waals surface area contributed by atoms with E-state index in [2.05, 4.69) is 30.2 Å². The monoisotopic (exact) mass is 171 g/mol. The average Bonchev–Trinajstić information content (AvgIpc) is 2.45. The molecule has 1 nitrogen and oxygen atoms in total. The number of hydrogen-bond donors (Lipinski definition) is 0. The smallest absolute Gasteiger partial charge is 0.0487 e. The fourth-order valence-electron chi connectivity index (χ4n) is 1.71. The lowest BCUT2D eigenvalue weighted by Crippen LogP contribution is -2.16. The number of rotatable bonds is 1. The highest BCUT2D eigenvalue weighted by atomic mass is 15.2. The van der Waals surface area contributed by atoms with Crippen molar-refractivity contribution in [2.45, 2.75) is 6.92 Å². The predicted octanol–water partition coefficient (Wildman–Crippen LogP) is 3.05. The van der Waals surface area contributed by atoms with Crippen LogP contribution in [-0.4, -0.2) is 6.54 Å². The average molecular weight is 171 g/mol. The number of fused-ring (bicyclic) bond motifs is 1. The Labute approximate surface area is 79.0 Å². The summed E-state index contributed by atoms with van der Waals surface area (Å²) in [4.78, 5) is 2.19. The molecule has 0 radical (unpaired) electrons. The van der Waals surface area contributed by atoms with Crippen LogP contribution in [0.2, 0.25) is 0 Å². The molecule has 1 aliphatic heterocycles. The van der Waals surface area contributed by atoms with E-state index < -0.39 is 0 Å². The molecule has 0 aliphatic carbocycles. The summed E-state index contributed by atoms with van der Waals surface area (Å²) < 4.78 is 0. The Hall–Kier alpha value is -1.50. The number of anilines is 1. The highest BCUT2D eigenvalue weighted by Gasteiger charge is 2.21. The predicted molar refractivity (Wildman–Crippen MR) is 57.6 cm³/mol. The standard InChI is InChI=1S/C12H13N/c1-9(2)13-8-10(3)11-6-4-5-7-12(11)13/h4-7H,1,3,8H2,2H3. The van der Waals surface area contributed by atoms with E-state index in [1.807, 2.05) is 19.1 Å². The number of para-hydroxylation sites is 1. The summed E-state index contributed by atoms with van der Waals surface area (Å²) in [6.45, 7) is 10.9. The quantitative estimate of drug-likeness (QED) is 0.627. The number of allylic oxidation sites excluding steroid dienone is 1. The van der Waals surface area contributed by atoms with Gasteiger partial charge in [0.2, 0.25) is 0 Å². The molecular weight excluding hydrogens is 158 g/mol. The van der Waals surface area contributed by atoms with Crippen LogP contribution in [0.25, 0.3) is 5.57 Å². The molecule has 0 atom stereocenters. The Bertz CT molecular complexity index is 376. The van der Waals surface area contributed by atoms with Gasteiger partial charge >= 0.3 is 0 Å². The molecular formula is C12H13N. The number of nitrogens with zero attached hydrogens (tertiary/aromatic N) is 1. The fourth-order valence-corrected chi connectivity index (χ4v) is 1.71. The molecule has 0 unspecified atom stereocenters. The highest BCUT2D eigenvalue weighted by molar-refractivity contribution is 5.85. The van der Waals surface area contributed by atoms with Crippen LogP contribution in [0.5, 0.6) is 0 Å². The third kappa shape index (κ3) is 1.17. The molecule has 0 amide bonds. The van der Waals surface area contributed by atoms with Gasteiger partial charge in [0.1, 0.15) is 0 Å². The van der Waals surface area contributed by atoms with Crippen molar-refractivity contribution < 1.29 is 0 Å². The molecule has 1 heterocycles. The van der Waals surface area contributed by atoms with Gasteiger partial charge in [0, 0.05) is 23.5 Å². The fraction of sp³-hybridized carbons (Fsp3) is 0.167. The Balaban J connectivity index is 2.53. The van der Waals surface area contributed by atoms with Crippen molar-refractivity contribution >= 4 is 11.3 Å². The molecule has 0 fully saturated rings. The zero-order valence-corrected chi connectivity index (χ0v) is 7.88. The molecule has 1 aliphatic rings. The summed E-state index contributed by atoms with van der Waals surface area (Å²) in [7, 11) is 0. The minimum atomic E-state index is 0.884. The maximum Gasteiger partial charge on any atom is 0.0487 e. The molecule has 1 aromatic rings. The first-order valence-corrected chi connectivity index (χ1v) is 4.40. The molecule has 0 N–H and O–H groups in total. The molecule has 0 spiro atoms. The largest absolute Gasteiger partial charge is 0.341 e. The van der Waals surface area contributed by atoms with E-state index in [4.69, 9.17) is 0 Å². The van der Waals surface area contributed by atoms with E-state index in [9.17, 15) is 0 Å². The van der Waals surface area contributed by atoms with Gasteiger partial charge in [-0.3, -0.25) is 0 Å². The first kappa shape index (κ1) is 8.11. The topological polar surface area (TPSA) is 3.24 Å². The van der Waals surface area contributed by atoms with Crippen molar-refractivity contribution in [1.82, 2.24) is 0 Å². The van der Waals surface area contributed by atoms with E-state index in [0.29, 0.717) is 0 Å². The van der Waals surface area contributed by atoms with Crippen LogP contribution in [0.15, 0.2) is 43.1 Å². The van der Waals surface area contributed by atoms with Gasteiger partial charge in [0.05, 0.1) is 0 Å². The molecule has 2 rings (SSSR count). The second-order valence-electron chi connectivity index (χ2n) is 3.44. The number of hydrogen-bond acceptors (Lipinski definition) is 1. The minimum absolute atomic E-state index is 0.884. The summed E-state index contributed by atoms with van der Waals surface area (Å²) in [5.74, 6) is 0. The van der Waals surface area contributed by atoms with Gasteiger partial charge in [-0.25, -0.2) is 0 Å². The van der Waals surface area contributed by atoms with Crippen LogP contribution in [0.1, 0.15) is 12.5 Å². The third-order valence-electron chi connectivity index (χ3n) is 2.39. The summed E-state index contributed by atoms with van der Waals surface area (Å²) >= 11 is 0. The van der Waals surface area contributed by atoms with Crippen molar-refractivity contribution in [1.29, 1.82) is 0 Å². The Kier molecular flexibility index (Phi) is 1.73. The first-order valence-electron chi connectivity index (χ1n) is 4.40. The van der Waals surface area contributed by atoms with Crippen molar-refractivity contribution in [3.05, 3.63) is 48.7 Å². The van der Waals surface area contributed by atoms with Gasteiger partial charge in [0.15, 0.2) is 0 Å². The Morgan fingerprint density at radius 3 is 2.77 bits per heavy atom. The van der Waals surface area contributed by atoms with Gasteiger partial charge in [-0.2, -0.15) is 0 Å². The van der Waals surface area contributed by atoms with E-state index in [1.54, 1.807) is 0 Å². The lowest BCUT2D eigenvalue weighted by molar-refractivity contribution is 1.06. The molecule has 0 aromatic heterocycles. The normalized spacial score (nSPS) is 14.5. The maximum absolute atomic E-state index is 4.05. The van der Waals surface area contributed by atoms with Crippen molar-refractivity contribution in [3.63, 3.8) is 0 Å². The van der Waals surface area contributed by atoms with Crippen LogP contribution in [0.3, 0.4) is 0 Å². The van der Waals surface area contributed by atoms with Crippen LogP contribution in [0.4, 0.5) is 5.69 Å². The van der Waals surface area contributed by atoms with E-state index in [0.717, 1.165) is 12.2 Å². The Morgan fingerprint density at radius 1 is 1.38 bits per heavy atom. The van der Waals surface area contributed by atoms with Gasteiger partial charge in [-0.15, -0.1) is 0 Å². The van der Waals surface area contributed by atoms with Crippen molar-refractivity contribution in [2.75, 3.05) is 11.4 Å². The Morgan fingerprint density at radius 2 is 2.08 bits per heavy atom. The van der Waals surface area contributed by atoms with Gasteiger partial charge in [-0.1, -0.05) is 31.4 Å². The zero-order valence-electron chi connectivity index (χ0n) is 7.88. The van der Waals surface area contributed by atoms with Crippen LogP contribution >= 0.6 is 0 Å². The van der Waals surface area contributed by atoms with Crippen LogP contribution in [0, 0.1) is 0 Å². The first-order chi connectivity index (χ1) is 6.20. The summed E-state index contributed by atoms with van der Waals surface area (Å²) in [6, 6.07) is 8.32. The SMILES string of the molecule is C=C1CN(C(=C)C)c2ccccc21. The molecule has 0 saturated heterocycles. The maximum atomic E-state index is 4.05. The summed E-state index contributed by atoms with van der Waals surface area (Å²) in [6.07, 6.45) is 0. The third-order valence-corrected chi connectivity index (χ3v) is 2.39. The summed E-state index contributed by atoms with van der Waals surface area (Å²) in [5, 5.41) is 0. The molecule has 1 heteroatoms.